The molecule has 3 saturated heterocycles. The highest BCUT2D eigenvalue weighted by molar-refractivity contribution is 6.39. The van der Waals surface area contributed by atoms with E-state index in [2.05, 4.69) is 16.0 Å². The van der Waals surface area contributed by atoms with Gasteiger partial charge in [0.05, 0.1) is 45.7 Å². The largest absolute Gasteiger partial charge is 0.394 e. The number of hydrogen-bond donors (Lipinski definition) is 16. The molecule has 0 unspecified atom stereocenters. The van der Waals surface area contributed by atoms with Crippen molar-refractivity contribution in [1.82, 2.24) is 16.0 Å². The minimum atomic E-state index is -1.70. The molecule has 0 radical (unpaired) electrons. The van der Waals surface area contributed by atoms with E-state index in [1.165, 1.54) is 7.05 Å². The van der Waals surface area contributed by atoms with Crippen molar-refractivity contribution in [3.63, 3.8) is 0 Å². The Labute approximate surface area is 434 Å². The van der Waals surface area contributed by atoms with Crippen LogP contribution in [0.25, 0.3) is 0 Å². The topological polar surface area (TPSA) is 463 Å². The molecule has 3 aliphatic heterocycles. The number of likely N-dealkylation sites (N-methyl/N-ethyl adjacent to an activating group) is 1. The van der Waals surface area contributed by atoms with E-state index in [0.29, 0.717) is 25.8 Å². The zero-order valence-electron chi connectivity index (χ0n) is 42.3. The van der Waals surface area contributed by atoms with Gasteiger partial charge in [-0.05, 0) is 57.5 Å². The molecule has 0 aromatic rings. The van der Waals surface area contributed by atoms with Crippen molar-refractivity contribution >= 4 is 34.9 Å². The number of carbonyl (C=O) groups excluding carboxylic acids is 6. The van der Waals surface area contributed by atoms with Crippen molar-refractivity contribution in [2.45, 2.75) is 188 Å². The minimum absolute atomic E-state index is 0.0664. The van der Waals surface area contributed by atoms with Crippen LogP contribution in [0.15, 0.2) is 0 Å². The Kier molecular flexibility index (Phi) is 29.9. The van der Waals surface area contributed by atoms with E-state index in [1.54, 1.807) is 0 Å². The van der Waals surface area contributed by atoms with Crippen molar-refractivity contribution in [2.24, 2.45) is 11.1 Å². The number of Topliss-reactive ketones (excluding diaryl/α,β-unsaturated/α-hetero) is 4. The molecule has 16 atom stereocenters. The van der Waals surface area contributed by atoms with E-state index < -0.39 is 165 Å². The summed E-state index contributed by atoms with van der Waals surface area (Å²) in [6.45, 7) is -2.75. The second kappa shape index (κ2) is 34.0. The van der Waals surface area contributed by atoms with Crippen LogP contribution in [0.3, 0.4) is 0 Å². The molecular weight excluding hydrogens is 1000 g/mol. The highest BCUT2D eigenvalue weighted by Gasteiger charge is 2.46. The lowest BCUT2D eigenvalue weighted by Crippen LogP contribution is -2.59. The van der Waals surface area contributed by atoms with Crippen LogP contribution in [0.1, 0.15) is 89.9 Å². The van der Waals surface area contributed by atoms with Crippen LogP contribution in [0.5, 0.6) is 0 Å². The Balaban J connectivity index is 1.77. The molecule has 0 spiro atoms. The fourth-order valence-electron chi connectivity index (χ4n) is 8.90. The van der Waals surface area contributed by atoms with E-state index in [-0.39, 0.29) is 96.5 Å². The summed E-state index contributed by atoms with van der Waals surface area (Å²) in [7, 11) is 1.53. The molecule has 0 aromatic heterocycles. The predicted molar refractivity (Wildman–Crippen MR) is 254 cm³/mol. The molecule has 0 saturated carbocycles. The van der Waals surface area contributed by atoms with Gasteiger partial charge in [-0.2, -0.15) is 0 Å². The first-order valence-electron chi connectivity index (χ1n) is 25.4. The van der Waals surface area contributed by atoms with Gasteiger partial charge in [-0.15, -0.1) is 0 Å². The number of amides is 2. The first kappa shape index (κ1) is 66.1. The number of aliphatic hydroxyl groups excluding tert-OH is 12. The molecule has 2 amide bonds. The average molecular weight is 1090 g/mol. The molecule has 28 nitrogen and oxygen atoms in total. The third-order valence-corrected chi connectivity index (χ3v) is 13.6. The molecule has 0 aromatic carbocycles. The summed E-state index contributed by atoms with van der Waals surface area (Å²) in [5, 5.41) is 128. The number of nitrogens with two attached hydrogens (primary N) is 1. The van der Waals surface area contributed by atoms with E-state index >= 15 is 0 Å². The third kappa shape index (κ3) is 20.9. The number of hydrogen-bond acceptors (Lipinski definition) is 26. The lowest BCUT2D eigenvalue weighted by atomic mass is 9.70. The third-order valence-electron chi connectivity index (χ3n) is 13.6. The highest BCUT2D eigenvalue weighted by Crippen LogP contribution is 2.40. The Hall–Kier alpha value is -3.18. The smallest absolute Gasteiger partial charge is 0.220 e. The van der Waals surface area contributed by atoms with E-state index in [0.717, 1.165) is 0 Å². The summed E-state index contributed by atoms with van der Waals surface area (Å²) < 4.78 is 32.4. The molecule has 434 valence electrons. The standard InChI is InChI=1S/C47H82N4O24/c1-49-27(6-2-3-15-48)34(60)28(57)8-7-26(56)21-47(12-9-25(55)5-4-18-70-44-41(67)38(64)35(61)29(22-52)73-44,13-10-32(58)50-16-19-71-45-42(68)39(65)36(62)30(23-53)74-45)14-11-33(59)51-17-20-72-46-43(69)40(66)37(63)31(24-54)75-46/h27,29-31,35-46,49,52-54,61-69H,2-24,48H2,1H3,(H,50,58)(H,51,59)/t27-,29+,30+,31+,35+,36+,37+,38-,39-,40-,41-,42-,43-,44-,45-,46-/m0/s1. The molecule has 0 bridgehead atoms. The van der Waals surface area contributed by atoms with Crippen molar-refractivity contribution in [3.05, 3.63) is 0 Å². The van der Waals surface area contributed by atoms with Gasteiger partial charge in [0.2, 0.25) is 23.4 Å². The highest BCUT2D eigenvalue weighted by atomic mass is 16.7. The number of nitrogens with one attached hydrogen (secondary N) is 3. The van der Waals surface area contributed by atoms with Gasteiger partial charge < -0.3 is 111 Å². The normalized spacial score (nSPS) is 30.6. The lowest BCUT2D eigenvalue weighted by molar-refractivity contribution is -0.301. The second-order valence-electron chi connectivity index (χ2n) is 19.2. The average Bonchev–Trinajstić information content (AvgIpc) is 3.40. The monoisotopic (exact) mass is 1090 g/mol. The molecule has 3 aliphatic rings. The number of carbonyl (C=O) groups is 6. The number of unbranched alkanes of at least 4 members (excludes halogenated alkanes) is 1. The summed E-state index contributed by atoms with van der Waals surface area (Å²) in [5.74, 6) is -3.52. The first-order valence-corrected chi connectivity index (χ1v) is 25.4. The van der Waals surface area contributed by atoms with Gasteiger partial charge in [-0.1, -0.05) is 6.42 Å². The number of ketones is 4. The minimum Gasteiger partial charge on any atom is -0.394 e. The molecule has 0 aliphatic carbocycles. The zero-order valence-corrected chi connectivity index (χ0v) is 42.3. The fraction of sp³-hybridized carbons (Fsp3) is 0.872. The number of rotatable bonds is 37. The maximum atomic E-state index is 13.9. The maximum absolute atomic E-state index is 13.9. The van der Waals surface area contributed by atoms with Gasteiger partial charge in [0.25, 0.3) is 0 Å². The lowest BCUT2D eigenvalue weighted by Gasteiger charge is -2.39. The second-order valence-corrected chi connectivity index (χ2v) is 19.2. The van der Waals surface area contributed by atoms with Crippen molar-refractivity contribution in [1.29, 1.82) is 0 Å². The van der Waals surface area contributed by atoms with Crippen LogP contribution in [-0.2, 0) is 57.2 Å². The van der Waals surface area contributed by atoms with Crippen LogP contribution in [-0.4, -0.2) is 261 Å². The maximum Gasteiger partial charge on any atom is 0.220 e. The fourth-order valence-corrected chi connectivity index (χ4v) is 8.90. The van der Waals surface area contributed by atoms with E-state index in [9.17, 15) is 90.0 Å². The van der Waals surface area contributed by atoms with Crippen LogP contribution >= 0.6 is 0 Å². The number of aliphatic hydroxyl groups is 12. The number of ether oxygens (including phenoxy) is 6. The quantitative estimate of drug-likeness (QED) is 0.0203. The molecular formula is C47H82N4O24. The van der Waals surface area contributed by atoms with Crippen LogP contribution in [0, 0.1) is 5.41 Å². The Morgan fingerprint density at radius 1 is 0.520 bits per heavy atom. The summed E-state index contributed by atoms with van der Waals surface area (Å²) in [5.41, 5.74) is 4.29. The Morgan fingerprint density at radius 2 is 0.947 bits per heavy atom. The van der Waals surface area contributed by atoms with Crippen LogP contribution in [0.4, 0.5) is 0 Å². The molecule has 28 heteroatoms. The zero-order chi connectivity index (χ0) is 55.8. The first-order chi connectivity index (χ1) is 35.7. The summed E-state index contributed by atoms with van der Waals surface area (Å²) in [4.78, 5) is 80.4. The van der Waals surface area contributed by atoms with Gasteiger partial charge in [0.15, 0.2) is 18.9 Å². The van der Waals surface area contributed by atoms with Crippen LogP contribution in [0.2, 0.25) is 0 Å². The van der Waals surface area contributed by atoms with Gasteiger partial charge in [0, 0.05) is 58.0 Å². The van der Waals surface area contributed by atoms with Gasteiger partial charge in [-0.25, -0.2) is 0 Å². The molecule has 75 heavy (non-hydrogen) atoms. The molecule has 17 N–H and O–H groups in total. The Morgan fingerprint density at radius 3 is 1.36 bits per heavy atom. The SMILES string of the molecule is CN[C@@H](CCCCN)C(=O)C(=O)CCC(=O)CC(CCC(=O)CCCO[C@H]1O[C@H](CO)[C@@H](O)[C@H](O)[C@@H]1O)(CCC(=O)NCCO[C@H]1O[C@H](CO)[C@@H](O)[C@H](O)[C@@H]1O)CCC(=O)NCCO[C@H]1O[C@H](CO)[C@@H](O)[C@H](O)[C@@H]1O. The van der Waals surface area contributed by atoms with E-state index in [1.807, 2.05) is 0 Å². The summed E-state index contributed by atoms with van der Waals surface area (Å²) in [6, 6.07) is -0.797. The van der Waals surface area contributed by atoms with Crippen molar-refractivity contribution in [3.8, 4) is 0 Å². The van der Waals surface area contributed by atoms with Crippen LogP contribution < -0.4 is 21.7 Å². The summed E-state index contributed by atoms with van der Waals surface area (Å²) in [6.07, 6.45) is -23.8. The van der Waals surface area contributed by atoms with Crippen molar-refractivity contribution < 1.29 is 118 Å². The van der Waals surface area contributed by atoms with Gasteiger partial charge >= 0.3 is 0 Å². The summed E-state index contributed by atoms with van der Waals surface area (Å²) >= 11 is 0. The molecule has 3 rings (SSSR count). The van der Waals surface area contributed by atoms with Gasteiger partial charge in [0.1, 0.15) is 84.8 Å². The molecule has 3 heterocycles. The predicted octanol–water partition coefficient (Wildman–Crippen LogP) is -7.06. The van der Waals surface area contributed by atoms with Gasteiger partial charge in [-0.3, -0.25) is 28.8 Å². The van der Waals surface area contributed by atoms with E-state index in [4.69, 9.17) is 34.2 Å². The molecule has 3 fully saturated rings. The Bertz CT molecular complexity index is 1600. The van der Waals surface area contributed by atoms with Crippen molar-refractivity contribution in [2.75, 3.05) is 66.3 Å².